The molecular formula is C20H24N2O2. The Hall–Kier alpha value is -2.36. The Labute approximate surface area is 142 Å². The van der Waals surface area contributed by atoms with Crippen LogP contribution in [-0.2, 0) is 11.8 Å². The van der Waals surface area contributed by atoms with Gasteiger partial charge in [-0.05, 0) is 48.4 Å². The van der Waals surface area contributed by atoms with Gasteiger partial charge < -0.3 is 10.3 Å². The van der Waals surface area contributed by atoms with Crippen LogP contribution in [0.4, 0.5) is 5.69 Å². The summed E-state index contributed by atoms with van der Waals surface area (Å²) in [5.74, 6) is -0.0585. The number of aromatic nitrogens is 1. The number of rotatable bonds is 2. The van der Waals surface area contributed by atoms with Crippen LogP contribution >= 0.6 is 0 Å². The van der Waals surface area contributed by atoms with Crippen LogP contribution < -0.4 is 5.32 Å². The second kappa shape index (κ2) is 5.93. The van der Waals surface area contributed by atoms with Crippen molar-refractivity contribution in [2.75, 3.05) is 5.32 Å². The summed E-state index contributed by atoms with van der Waals surface area (Å²) >= 11 is 0. The van der Waals surface area contributed by atoms with E-state index in [0.29, 0.717) is 12.1 Å². The summed E-state index contributed by atoms with van der Waals surface area (Å²) < 4.78 is 0. The lowest BCUT2D eigenvalue weighted by atomic mass is 9.87. The number of nitrogens with one attached hydrogen (secondary N) is 2. The maximum Gasteiger partial charge on any atom is 0.272 e. The van der Waals surface area contributed by atoms with E-state index in [-0.39, 0.29) is 17.1 Å². The van der Waals surface area contributed by atoms with Crippen LogP contribution in [0.5, 0.6) is 0 Å². The maximum absolute atomic E-state index is 12.6. The number of ketones is 1. The van der Waals surface area contributed by atoms with Crippen LogP contribution in [0.2, 0.25) is 0 Å². The Bertz CT molecular complexity index is 792. The first-order valence-electron chi connectivity index (χ1n) is 8.44. The zero-order chi connectivity index (χ0) is 17.5. The zero-order valence-corrected chi connectivity index (χ0v) is 14.7. The highest BCUT2D eigenvalue weighted by atomic mass is 16.2. The van der Waals surface area contributed by atoms with Crippen molar-refractivity contribution in [2.24, 2.45) is 0 Å². The van der Waals surface area contributed by atoms with E-state index in [9.17, 15) is 9.59 Å². The zero-order valence-electron chi connectivity index (χ0n) is 14.7. The third-order valence-corrected chi connectivity index (χ3v) is 4.67. The lowest BCUT2D eigenvalue weighted by Gasteiger charge is -2.19. The first-order valence-corrected chi connectivity index (χ1v) is 8.44. The highest BCUT2D eigenvalue weighted by Crippen LogP contribution is 2.27. The smallest absolute Gasteiger partial charge is 0.272 e. The van der Waals surface area contributed by atoms with E-state index >= 15 is 0 Å². The molecule has 2 aromatic rings. The van der Waals surface area contributed by atoms with Crippen molar-refractivity contribution in [3.05, 3.63) is 52.3 Å². The summed E-state index contributed by atoms with van der Waals surface area (Å²) in [6, 6.07) is 7.90. The second-order valence-corrected chi connectivity index (χ2v) is 7.54. The molecule has 0 bridgehead atoms. The average Bonchev–Trinajstić information content (AvgIpc) is 2.85. The van der Waals surface area contributed by atoms with Gasteiger partial charge in [-0.2, -0.15) is 0 Å². The van der Waals surface area contributed by atoms with Crippen molar-refractivity contribution >= 4 is 17.4 Å². The van der Waals surface area contributed by atoms with E-state index in [1.54, 1.807) is 0 Å². The van der Waals surface area contributed by atoms with Crippen LogP contribution in [0.3, 0.4) is 0 Å². The average molecular weight is 324 g/mol. The monoisotopic (exact) mass is 324 g/mol. The molecule has 4 nitrogen and oxygen atoms in total. The van der Waals surface area contributed by atoms with Gasteiger partial charge in [-0.15, -0.1) is 0 Å². The molecule has 0 fully saturated rings. The normalized spacial score (nSPS) is 14.4. The molecule has 0 unspecified atom stereocenters. The van der Waals surface area contributed by atoms with Gasteiger partial charge >= 0.3 is 0 Å². The Kier molecular flexibility index (Phi) is 4.08. The minimum atomic E-state index is -0.196. The number of Topliss-reactive ketones (excluding diaryl/α,β-unsaturated/α-hetero) is 1. The number of hydrogen-bond acceptors (Lipinski definition) is 2. The summed E-state index contributed by atoms with van der Waals surface area (Å²) in [7, 11) is 0. The highest BCUT2D eigenvalue weighted by Gasteiger charge is 2.26. The topological polar surface area (TPSA) is 62.0 Å². The Balaban J connectivity index is 1.82. The summed E-state index contributed by atoms with van der Waals surface area (Å²) in [5.41, 5.74) is 4.93. The predicted octanol–water partition coefficient (Wildman–Crippen LogP) is 4.39. The number of fused-ring (bicyclic) bond motifs is 1. The van der Waals surface area contributed by atoms with Crippen molar-refractivity contribution < 1.29 is 9.59 Å². The number of carbonyl (C=O) groups is 2. The molecule has 0 saturated carbocycles. The van der Waals surface area contributed by atoms with Crippen LogP contribution in [0.25, 0.3) is 0 Å². The molecule has 1 aromatic heterocycles. The largest absolute Gasteiger partial charge is 0.354 e. The van der Waals surface area contributed by atoms with E-state index in [0.717, 1.165) is 35.3 Å². The van der Waals surface area contributed by atoms with Crippen molar-refractivity contribution in [3.63, 3.8) is 0 Å². The molecule has 126 valence electrons. The molecule has 0 saturated heterocycles. The van der Waals surface area contributed by atoms with Gasteiger partial charge in [0.05, 0.1) is 0 Å². The molecule has 1 heterocycles. The second-order valence-electron chi connectivity index (χ2n) is 7.54. The Morgan fingerprint density at radius 1 is 1.12 bits per heavy atom. The minimum absolute atomic E-state index is 0.0813. The number of carbonyl (C=O) groups excluding carboxylic acids is 2. The van der Waals surface area contributed by atoms with Gasteiger partial charge in [0, 0.05) is 23.4 Å². The summed E-state index contributed by atoms with van der Waals surface area (Å²) in [6.07, 6.45) is 2.25. The Morgan fingerprint density at radius 2 is 1.79 bits per heavy atom. The minimum Gasteiger partial charge on any atom is -0.354 e. The number of aromatic amines is 1. The molecule has 2 N–H and O–H groups in total. The van der Waals surface area contributed by atoms with E-state index in [1.165, 1.54) is 5.56 Å². The molecule has 1 aliphatic rings. The van der Waals surface area contributed by atoms with Gasteiger partial charge in [0.25, 0.3) is 5.91 Å². The van der Waals surface area contributed by atoms with Gasteiger partial charge in [0.15, 0.2) is 5.78 Å². The van der Waals surface area contributed by atoms with E-state index < -0.39 is 0 Å². The van der Waals surface area contributed by atoms with E-state index in [2.05, 4.69) is 31.1 Å². The lowest BCUT2D eigenvalue weighted by molar-refractivity contribution is 0.0971. The standard InChI is InChI=1S/C20H24N2O2/c1-12-17-15(6-5-7-16(17)23)22-18(12)19(24)21-14-10-8-13(9-11-14)20(2,3)4/h8-11,22H,5-7H2,1-4H3,(H,21,24). The number of benzene rings is 1. The van der Waals surface area contributed by atoms with Crippen molar-refractivity contribution in [1.82, 2.24) is 4.98 Å². The van der Waals surface area contributed by atoms with E-state index in [1.807, 2.05) is 31.2 Å². The van der Waals surface area contributed by atoms with Gasteiger partial charge in [-0.25, -0.2) is 0 Å². The van der Waals surface area contributed by atoms with Gasteiger partial charge in [0.1, 0.15) is 5.69 Å². The molecule has 0 aliphatic heterocycles. The number of hydrogen-bond donors (Lipinski definition) is 2. The number of anilines is 1. The molecule has 1 aromatic carbocycles. The molecule has 4 heteroatoms. The highest BCUT2D eigenvalue weighted by molar-refractivity contribution is 6.08. The number of amides is 1. The number of aryl methyl sites for hydroxylation is 1. The quantitative estimate of drug-likeness (QED) is 0.860. The Morgan fingerprint density at radius 3 is 2.38 bits per heavy atom. The molecule has 24 heavy (non-hydrogen) atoms. The lowest BCUT2D eigenvalue weighted by Crippen LogP contribution is -2.15. The third-order valence-electron chi connectivity index (χ3n) is 4.67. The molecule has 0 radical (unpaired) electrons. The molecule has 0 spiro atoms. The molecule has 0 atom stereocenters. The number of H-pyrrole nitrogens is 1. The fourth-order valence-corrected chi connectivity index (χ4v) is 3.25. The van der Waals surface area contributed by atoms with Gasteiger partial charge in [-0.3, -0.25) is 9.59 Å². The van der Waals surface area contributed by atoms with Crippen LogP contribution in [0, 0.1) is 6.92 Å². The summed E-state index contributed by atoms with van der Waals surface area (Å²) in [6.45, 7) is 8.31. The van der Waals surface area contributed by atoms with Gasteiger partial charge in [-0.1, -0.05) is 32.9 Å². The van der Waals surface area contributed by atoms with Crippen LogP contribution in [0.15, 0.2) is 24.3 Å². The first kappa shape index (κ1) is 16.5. The van der Waals surface area contributed by atoms with E-state index in [4.69, 9.17) is 0 Å². The molecule has 3 rings (SSSR count). The summed E-state index contributed by atoms with van der Waals surface area (Å²) in [4.78, 5) is 27.8. The summed E-state index contributed by atoms with van der Waals surface area (Å²) in [5, 5.41) is 2.92. The van der Waals surface area contributed by atoms with Crippen molar-refractivity contribution in [2.45, 2.75) is 52.4 Å². The predicted molar refractivity (Wildman–Crippen MR) is 95.9 cm³/mol. The van der Waals surface area contributed by atoms with Crippen LogP contribution in [-0.4, -0.2) is 16.7 Å². The van der Waals surface area contributed by atoms with Crippen molar-refractivity contribution in [1.29, 1.82) is 0 Å². The van der Waals surface area contributed by atoms with Crippen LogP contribution in [0.1, 0.15) is 71.3 Å². The third kappa shape index (κ3) is 3.01. The SMILES string of the molecule is Cc1c(C(=O)Nc2ccc(C(C)(C)C)cc2)[nH]c2c1C(=O)CCC2. The maximum atomic E-state index is 12.6. The first-order chi connectivity index (χ1) is 11.3. The fourth-order valence-electron chi connectivity index (χ4n) is 3.25. The fraction of sp³-hybridized carbons (Fsp3) is 0.400. The molecular weight excluding hydrogens is 300 g/mol. The van der Waals surface area contributed by atoms with Gasteiger partial charge in [0.2, 0.25) is 0 Å². The molecule has 1 amide bonds. The molecule has 1 aliphatic carbocycles. The van der Waals surface area contributed by atoms with Crippen molar-refractivity contribution in [3.8, 4) is 0 Å².